The van der Waals surface area contributed by atoms with E-state index in [9.17, 15) is 28.6 Å². The molecule has 178 valence electrons. The van der Waals surface area contributed by atoms with Gasteiger partial charge in [-0.15, -0.1) is 0 Å². The number of carbonyl (C=O) groups is 4. The van der Waals surface area contributed by atoms with E-state index in [1.54, 1.807) is 24.3 Å². The van der Waals surface area contributed by atoms with E-state index in [0.29, 0.717) is 0 Å². The number of amides is 1. The highest BCUT2D eigenvalue weighted by atomic mass is 31.2. The molecule has 0 bridgehead atoms. The van der Waals surface area contributed by atoms with E-state index in [1.807, 2.05) is 6.07 Å². The quantitative estimate of drug-likeness (QED) is 0.188. The topological polar surface area (TPSA) is 155 Å². The van der Waals surface area contributed by atoms with Crippen LogP contribution in [0.2, 0.25) is 0 Å². The van der Waals surface area contributed by atoms with Crippen LogP contribution < -0.4 is 5.32 Å². The first-order valence-electron chi connectivity index (χ1n) is 9.72. The zero-order chi connectivity index (χ0) is 24.0. The smallest absolute Gasteiger partial charge is 0.410 e. The molecule has 0 aliphatic rings. The highest BCUT2D eigenvalue weighted by molar-refractivity contribution is 7.58. The van der Waals surface area contributed by atoms with Gasteiger partial charge in [0.05, 0.1) is 26.6 Å². The highest BCUT2D eigenvalue weighted by Crippen LogP contribution is 2.44. The fourth-order valence-corrected chi connectivity index (χ4v) is 4.40. The lowest BCUT2D eigenvalue weighted by atomic mass is 10.1. The van der Waals surface area contributed by atoms with E-state index < -0.39 is 50.2 Å². The molecule has 1 unspecified atom stereocenters. The first-order valence-corrected chi connectivity index (χ1v) is 11.8. The van der Waals surface area contributed by atoms with Gasteiger partial charge in [0.2, 0.25) is 7.37 Å². The Kier molecular flexibility index (Phi) is 12.0. The Labute approximate surface area is 185 Å². The van der Waals surface area contributed by atoms with Crippen LogP contribution in [0.3, 0.4) is 0 Å². The maximum absolute atomic E-state index is 12.4. The molecule has 2 N–H and O–H groups in total. The minimum Gasteiger partial charge on any atom is -0.469 e. The number of ether oxygens (including phenoxy) is 4. The van der Waals surface area contributed by atoms with Crippen LogP contribution in [0.15, 0.2) is 30.3 Å². The van der Waals surface area contributed by atoms with Gasteiger partial charge in [-0.05, 0) is 12.0 Å². The fraction of sp³-hybridized carbons (Fsp3) is 0.500. The number of benzene rings is 1. The molecule has 0 aliphatic carbocycles. The lowest BCUT2D eigenvalue weighted by Crippen LogP contribution is -2.28. The number of methoxy groups -OCH3 is 2. The van der Waals surface area contributed by atoms with Gasteiger partial charge in [-0.3, -0.25) is 24.3 Å². The second kappa shape index (κ2) is 14.2. The van der Waals surface area contributed by atoms with Crippen LogP contribution in [0.25, 0.3) is 0 Å². The second-order valence-corrected chi connectivity index (χ2v) is 9.26. The Morgan fingerprint density at radius 3 is 2.34 bits per heavy atom. The average molecular weight is 473 g/mol. The number of carbonyl (C=O) groups excluding carboxylic acids is 4. The summed E-state index contributed by atoms with van der Waals surface area (Å²) >= 11 is 0. The summed E-state index contributed by atoms with van der Waals surface area (Å²) < 4.78 is 31.2. The number of alkyl carbamates (subject to hydrolysis) is 1. The van der Waals surface area contributed by atoms with E-state index in [4.69, 9.17) is 9.47 Å². The third-order valence-corrected chi connectivity index (χ3v) is 6.26. The predicted octanol–water partition coefficient (Wildman–Crippen LogP) is 1.82. The maximum Gasteiger partial charge on any atom is 0.410 e. The van der Waals surface area contributed by atoms with Crippen molar-refractivity contribution < 1.29 is 47.6 Å². The lowest BCUT2D eigenvalue weighted by molar-refractivity contribution is -0.151. The molecule has 1 rings (SSSR count). The van der Waals surface area contributed by atoms with Gasteiger partial charge >= 0.3 is 24.0 Å². The Bertz CT molecular complexity index is 814. The standard InChI is InChI=1S/C20H28NO10P/c1-28-18(23)11-16(19(24)29-2)13-32(26,27)10-6-9-17(22)31-14-21-20(25)30-12-15-7-4-3-5-8-15/h3-5,7-8,16H,6,9-14H2,1-2H3,(H,21,25)(H,26,27)/t16-/m1/s1. The van der Waals surface area contributed by atoms with Gasteiger partial charge < -0.3 is 23.8 Å². The third kappa shape index (κ3) is 11.5. The van der Waals surface area contributed by atoms with Gasteiger partial charge in [-0.1, -0.05) is 30.3 Å². The molecule has 0 saturated carbocycles. The van der Waals surface area contributed by atoms with Crippen molar-refractivity contribution in [2.24, 2.45) is 5.92 Å². The Balaban J connectivity index is 2.29. The number of hydrogen-bond donors (Lipinski definition) is 2. The van der Waals surface area contributed by atoms with Crippen molar-refractivity contribution in [2.75, 3.05) is 33.3 Å². The van der Waals surface area contributed by atoms with Crippen molar-refractivity contribution in [3.8, 4) is 0 Å². The van der Waals surface area contributed by atoms with Crippen LogP contribution in [0.1, 0.15) is 24.8 Å². The highest BCUT2D eigenvalue weighted by Gasteiger charge is 2.31. The largest absolute Gasteiger partial charge is 0.469 e. The van der Waals surface area contributed by atoms with Gasteiger partial charge in [0.1, 0.15) is 6.61 Å². The summed E-state index contributed by atoms with van der Waals surface area (Å²) in [6.07, 6.45) is -2.05. The van der Waals surface area contributed by atoms with Gasteiger partial charge in [-0.25, -0.2) is 4.79 Å². The van der Waals surface area contributed by atoms with Crippen molar-refractivity contribution >= 4 is 31.4 Å². The molecule has 2 atom stereocenters. The fourth-order valence-electron chi connectivity index (χ4n) is 2.60. The van der Waals surface area contributed by atoms with Crippen LogP contribution in [-0.2, 0) is 44.5 Å². The Morgan fingerprint density at radius 1 is 1.03 bits per heavy atom. The Hall–Kier alpha value is -2.91. The molecule has 0 aromatic heterocycles. The van der Waals surface area contributed by atoms with Crippen molar-refractivity contribution in [1.82, 2.24) is 5.32 Å². The van der Waals surface area contributed by atoms with Crippen molar-refractivity contribution in [3.63, 3.8) is 0 Å². The molecule has 0 heterocycles. The summed E-state index contributed by atoms with van der Waals surface area (Å²) in [6, 6.07) is 9.02. The van der Waals surface area contributed by atoms with Crippen molar-refractivity contribution in [1.29, 1.82) is 0 Å². The average Bonchev–Trinajstić information content (AvgIpc) is 2.76. The summed E-state index contributed by atoms with van der Waals surface area (Å²) in [6.45, 7) is -0.345. The van der Waals surface area contributed by atoms with Crippen molar-refractivity contribution in [2.45, 2.75) is 25.9 Å². The normalized spacial score (nSPS) is 13.2. The van der Waals surface area contributed by atoms with Crippen molar-refractivity contribution in [3.05, 3.63) is 35.9 Å². The molecular formula is C20H28NO10P. The minimum absolute atomic E-state index is 0.0111. The lowest BCUT2D eigenvalue weighted by Gasteiger charge is -2.17. The molecule has 0 spiro atoms. The van der Waals surface area contributed by atoms with E-state index in [-0.39, 0.29) is 32.0 Å². The van der Waals surface area contributed by atoms with E-state index in [1.165, 1.54) is 0 Å². The van der Waals surface area contributed by atoms with Gasteiger partial charge in [0, 0.05) is 18.7 Å². The molecule has 0 radical (unpaired) electrons. The number of hydrogen-bond acceptors (Lipinski definition) is 9. The summed E-state index contributed by atoms with van der Waals surface area (Å²) in [5, 5.41) is 2.26. The summed E-state index contributed by atoms with van der Waals surface area (Å²) in [5.74, 6) is -3.32. The zero-order valence-corrected chi connectivity index (χ0v) is 18.9. The van der Waals surface area contributed by atoms with Crippen LogP contribution in [0.5, 0.6) is 0 Å². The van der Waals surface area contributed by atoms with Crippen LogP contribution in [0, 0.1) is 5.92 Å². The maximum atomic E-state index is 12.4. The SMILES string of the molecule is COC(=O)C[C@H](CP(=O)(O)CCCC(=O)OCNC(=O)OCc1ccccc1)C(=O)OC. The van der Waals surface area contributed by atoms with Crippen LogP contribution in [-0.4, -0.2) is 62.2 Å². The monoisotopic (exact) mass is 473 g/mol. The number of esters is 3. The third-order valence-electron chi connectivity index (χ3n) is 4.23. The first kappa shape index (κ1) is 27.1. The molecule has 0 fully saturated rings. The predicted molar refractivity (Wildman–Crippen MR) is 112 cm³/mol. The van der Waals surface area contributed by atoms with Gasteiger partial charge in [0.25, 0.3) is 0 Å². The molecular weight excluding hydrogens is 445 g/mol. The van der Waals surface area contributed by atoms with Gasteiger partial charge in [-0.2, -0.15) is 0 Å². The molecule has 1 amide bonds. The minimum atomic E-state index is -3.82. The van der Waals surface area contributed by atoms with E-state index in [2.05, 4.69) is 14.8 Å². The molecule has 0 saturated heterocycles. The second-order valence-electron chi connectivity index (χ2n) is 6.76. The summed E-state index contributed by atoms with van der Waals surface area (Å²) in [7, 11) is -1.58. The molecule has 1 aromatic carbocycles. The van der Waals surface area contributed by atoms with E-state index in [0.717, 1.165) is 19.8 Å². The number of rotatable bonds is 13. The molecule has 1 aromatic rings. The number of nitrogens with one attached hydrogen (secondary N) is 1. The Morgan fingerprint density at radius 2 is 1.72 bits per heavy atom. The first-order chi connectivity index (χ1) is 15.2. The summed E-state index contributed by atoms with van der Waals surface area (Å²) in [5.41, 5.74) is 0.800. The van der Waals surface area contributed by atoms with Gasteiger partial charge in [0.15, 0.2) is 6.73 Å². The van der Waals surface area contributed by atoms with Crippen LogP contribution >= 0.6 is 7.37 Å². The summed E-state index contributed by atoms with van der Waals surface area (Å²) in [4.78, 5) is 56.5. The zero-order valence-electron chi connectivity index (χ0n) is 18.0. The van der Waals surface area contributed by atoms with Crippen LogP contribution in [0.4, 0.5) is 4.79 Å². The molecule has 0 aliphatic heterocycles. The molecule has 12 heteroatoms. The molecule has 32 heavy (non-hydrogen) atoms. The molecule has 11 nitrogen and oxygen atoms in total. The van der Waals surface area contributed by atoms with E-state index >= 15 is 0 Å².